The van der Waals surface area contributed by atoms with Crippen molar-refractivity contribution in [1.29, 1.82) is 0 Å². The highest BCUT2D eigenvalue weighted by Gasteiger charge is 2.02. The summed E-state index contributed by atoms with van der Waals surface area (Å²) >= 11 is 0. The average molecular weight is 244 g/mol. The quantitative estimate of drug-likeness (QED) is 0.846. The zero-order valence-electron chi connectivity index (χ0n) is 10.3. The predicted molar refractivity (Wildman–Crippen MR) is 70.5 cm³/mol. The molecule has 2 aromatic rings. The second kappa shape index (κ2) is 6.02. The molecule has 4 nitrogen and oxygen atoms in total. The Morgan fingerprint density at radius 3 is 2.83 bits per heavy atom. The topological polar surface area (TPSA) is 54.4 Å². The van der Waals surface area contributed by atoms with E-state index in [2.05, 4.69) is 10.3 Å². The molecule has 0 atom stereocenters. The van der Waals surface area contributed by atoms with E-state index in [0.29, 0.717) is 6.54 Å². The fourth-order valence-corrected chi connectivity index (χ4v) is 1.71. The molecule has 0 fully saturated rings. The zero-order valence-corrected chi connectivity index (χ0v) is 10.3. The van der Waals surface area contributed by atoms with E-state index in [0.717, 1.165) is 22.7 Å². The lowest BCUT2D eigenvalue weighted by molar-refractivity contribution is 0.281. The van der Waals surface area contributed by atoms with E-state index in [1.54, 1.807) is 13.3 Å². The van der Waals surface area contributed by atoms with Crippen molar-refractivity contribution in [2.45, 2.75) is 13.2 Å². The third kappa shape index (κ3) is 2.99. The first-order valence-corrected chi connectivity index (χ1v) is 5.75. The third-order valence-corrected chi connectivity index (χ3v) is 2.62. The van der Waals surface area contributed by atoms with Crippen molar-refractivity contribution in [1.82, 2.24) is 4.98 Å². The van der Waals surface area contributed by atoms with Gasteiger partial charge in [-0.05, 0) is 23.3 Å². The fourth-order valence-electron chi connectivity index (χ4n) is 1.71. The third-order valence-electron chi connectivity index (χ3n) is 2.62. The highest BCUT2D eigenvalue weighted by atomic mass is 16.5. The van der Waals surface area contributed by atoms with Crippen LogP contribution in [0.5, 0.6) is 5.75 Å². The van der Waals surface area contributed by atoms with Gasteiger partial charge in [-0.1, -0.05) is 24.3 Å². The van der Waals surface area contributed by atoms with Crippen LogP contribution in [0.25, 0.3) is 0 Å². The van der Waals surface area contributed by atoms with Gasteiger partial charge in [0.15, 0.2) is 11.6 Å². The molecule has 0 aliphatic carbocycles. The monoisotopic (exact) mass is 244 g/mol. The molecular formula is C14H16N2O2. The molecule has 0 unspecified atom stereocenters. The molecule has 2 N–H and O–H groups in total. The van der Waals surface area contributed by atoms with Gasteiger partial charge in [-0.2, -0.15) is 0 Å². The van der Waals surface area contributed by atoms with E-state index < -0.39 is 0 Å². The smallest absolute Gasteiger partial charge is 0.168 e. The Bertz CT molecular complexity index is 515. The number of aliphatic hydroxyl groups is 1. The second-order valence-electron chi connectivity index (χ2n) is 3.89. The molecule has 18 heavy (non-hydrogen) atoms. The van der Waals surface area contributed by atoms with Gasteiger partial charge in [-0.3, -0.25) is 0 Å². The first-order valence-electron chi connectivity index (χ1n) is 5.75. The molecule has 94 valence electrons. The fraction of sp³-hybridized carbons (Fsp3) is 0.214. The summed E-state index contributed by atoms with van der Waals surface area (Å²) in [6, 6.07) is 11.5. The Morgan fingerprint density at radius 2 is 2.06 bits per heavy atom. The van der Waals surface area contributed by atoms with E-state index in [9.17, 15) is 0 Å². The van der Waals surface area contributed by atoms with Gasteiger partial charge in [0, 0.05) is 12.7 Å². The van der Waals surface area contributed by atoms with Gasteiger partial charge >= 0.3 is 0 Å². The lowest BCUT2D eigenvalue weighted by Crippen LogP contribution is -2.03. The van der Waals surface area contributed by atoms with Crippen LogP contribution < -0.4 is 10.1 Å². The van der Waals surface area contributed by atoms with Crippen LogP contribution in [0.4, 0.5) is 5.82 Å². The minimum atomic E-state index is 0.0563. The van der Waals surface area contributed by atoms with Gasteiger partial charge < -0.3 is 15.2 Å². The maximum Gasteiger partial charge on any atom is 0.168 e. The minimum Gasteiger partial charge on any atom is -0.493 e. The van der Waals surface area contributed by atoms with Gasteiger partial charge in [-0.15, -0.1) is 0 Å². The standard InChI is InChI=1S/C14H16N2O2/c1-18-13-6-3-7-15-14(13)16-9-11-4-2-5-12(8-11)10-17/h2-8,17H,9-10H2,1H3,(H,15,16). The number of ether oxygens (including phenoxy) is 1. The summed E-state index contributed by atoms with van der Waals surface area (Å²) < 4.78 is 5.21. The molecule has 1 aromatic carbocycles. The highest BCUT2D eigenvalue weighted by Crippen LogP contribution is 2.20. The van der Waals surface area contributed by atoms with Crippen LogP contribution in [-0.4, -0.2) is 17.2 Å². The number of methoxy groups -OCH3 is 1. The Morgan fingerprint density at radius 1 is 1.22 bits per heavy atom. The summed E-state index contributed by atoms with van der Waals surface area (Å²) in [5.74, 6) is 1.44. The number of aromatic nitrogens is 1. The molecule has 0 aliphatic heterocycles. The van der Waals surface area contributed by atoms with Gasteiger partial charge in [-0.25, -0.2) is 4.98 Å². The Balaban J connectivity index is 2.06. The molecule has 2 rings (SSSR count). The Hall–Kier alpha value is -2.07. The molecule has 0 spiro atoms. The van der Waals surface area contributed by atoms with Crippen LogP contribution in [0.3, 0.4) is 0 Å². The number of aliphatic hydroxyl groups excluding tert-OH is 1. The number of benzene rings is 1. The van der Waals surface area contributed by atoms with E-state index in [4.69, 9.17) is 9.84 Å². The molecule has 0 saturated heterocycles. The largest absolute Gasteiger partial charge is 0.493 e. The van der Waals surface area contributed by atoms with Crippen LogP contribution in [0.15, 0.2) is 42.6 Å². The lowest BCUT2D eigenvalue weighted by Gasteiger charge is -2.10. The maximum atomic E-state index is 9.08. The van der Waals surface area contributed by atoms with E-state index in [1.165, 1.54) is 0 Å². The molecule has 0 saturated carbocycles. The van der Waals surface area contributed by atoms with Crippen molar-refractivity contribution < 1.29 is 9.84 Å². The van der Waals surface area contributed by atoms with Crippen molar-refractivity contribution in [2.75, 3.05) is 12.4 Å². The van der Waals surface area contributed by atoms with Crippen LogP contribution in [-0.2, 0) is 13.2 Å². The number of hydrogen-bond acceptors (Lipinski definition) is 4. The first-order chi connectivity index (χ1) is 8.83. The summed E-state index contributed by atoms with van der Waals surface area (Å²) in [6.45, 7) is 0.696. The van der Waals surface area contributed by atoms with Crippen LogP contribution in [0, 0.1) is 0 Å². The Labute approximate surface area is 106 Å². The zero-order chi connectivity index (χ0) is 12.8. The summed E-state index contributed by atoms with van der Waals surface area (Å²) in [6.07, 6.45) is 1.72. The molecule has 0 bridgehead atoms. The summed E-state index contributed by atoms with van der Waals surface area (Å²) in [7, 11) is 1.62. The lowest BCUT2D eigenvalue weighted by atomic mass is 10.1. The molecule has 0 radical (unpaired) electrons. The normalized spacial score (nSPS) is 10.1. The van der Waals surface area contributed by atoms with E-state index in [1.807, 2.05) is 36.4 Å². The first kappa shape index (κ1) is 12.4. The number of anilines is 1. The van der Waals surface area contributed by atoms with Crippen LogP contribution in [0.1, 0.15) is 11.1 Å². The SMILES string of the molecule is COc1cccnc1NCc1cccc(CO)c1. The number of hydrogen-bond donors (Lipinski definition) is 2. The van der Waals surface area contributed by atoms with Crippen molar-refractivity contribution in [3.05, 3.63) is 53.7 Å². The summed E-state index contributed by atoms with van der Waals surface area (Å²) in [5.41, 5.74) is 2.00. The maximum absolute atomic E-state index is 9.08. The Kier molecular flexibility index (Phi) is 4.15. The number of rotatable bonds is 5. The molecule has 0 aliphatic rings. The van der Waals surface area contributed by atoms with Crippen LogP contribution in [0.2, 0.25) is 0 Å². The van der Waals surface area contributed by atoms with Crippen molar-refractivity contribution in [3.8, 4) is 5.75 Å². The summed E-state index contributed by atoms with van der Waals surface area (Å²) in [5, 5.41) is 12.3. The van der Waals surface area contributed by atoms with Gasteiger partial charge in [0.25, 0.3) is 0 Å². The molecule has 4 heteroatoms. The van der Waals surface area contributed by atoms with E-state index in [-0.39, 0.29) is 6.61 Å². The van der Waals surface area contributed by atoms with Gasteiger partial charge in [0.05, 0.1) is 13.7 Å². The van der Waals surface area contributed by atoms with Gasteiger partial charge in [0.1, 0.15) is 0 Å². The average Bonchev–Trinajstić information content (AvgIpc) is 2.45. The number of nitrogens with zero attached hydrogens (tertiary/aromatic N) is 1. The van der Waals surface area contributed by atoms with E-state index >= 15 is 0 Å². The molecule has 1 aromatic heterocycles. The van der Waals surface area contributed by atoms with Crippen LogP contribution >= 0.6 is 0 Å². The number of nitrogens with one attached hydrogen (secondary N) is 1. The van der Waals surface area contributed by atoms with Gasteiger partial charge in [0.2, 0.25) is 0 Å². The number of pyridine rings is 1. The molecule has 0 amide bonds. The second-order valence-corrected chi connectivity index (χ2v) is 3.89. The molecule has 1 heterocycles. The predicted octanol–water partition coefficient (Wildman–Crippen LogP) is 2.19. The van der Waals surface area contributed by atoms with Crippen molar-refractivity contribution in [2.24, 2.45) is 0 Å². The summed E-state index contributed by atoms with van der Waals surface area (Å²) in [4.78, 5) is 4.22. The minimum absolute atomic E-state index is 0.0563. The molecular weight excluding hydrogens is 228 g/mol. The van der Waals surface area contributed by atoms with Crippen molar-refractivity contribution in [3.63, 3.8) is 0 Å². The highest BCUT2D eigenvalue weighted by molar-refractivity contribution is 5.49. The van der Waals surface area contributed by atoms with Crippen molar-refractivity contribution >= 4 is 5.82 Å².